The summed E-state index contributed by atoms with van der Waals surface area (Å²) in [5, 5.41) is 9.90. The summed E-state index contributed by atoms with van der Waals surface area (Å²) < 4.78 is 31.4. The summed E-state index contributed by atoms with van der Waals surface area (Å²) in [4.78, 5) is 33.8. The van der Waals surface area contributed by atoms with Crippen LogP contribution < -0.4 is 0 Å². The van der Waals surface area contributed by atoms with Crippen molar-refractivity contribution in [3.8, 4) is 0 Å². The second-order valence-corrected chi connectivity index (χ2v) is 18.8. The van der Waals surface area contributed by atoms with Gasteiger partial charge in [-0.05, 0) is 89.9 Å². The van der Waals surface area contributed by atoms with E-state index in [9.17, 15) is 19.5 Å². The third-order valence-electron chi connectivity index (χ3n) is 12.0. The molecule has 1 atom stereocenters. The first-order chi connectivity index (χ1) is 33.4. The summed E-state index contributed by atoms with van der Waals surface area (Å²) in [6.07, 6.45) is 53.1. The number of esters is 2. The van der Waals surface area contributed by atoms with Crippen molar-refractivity contribution >= 4 is 17.7 Å². The van der Waals surface area contributed by atoms with Gasteiger partial charge in [-0.3, -0.25) is 14.4 Å². The second-order valence-electron chi connectivity index (χ2n) is 18.8. The molecule has 0 aromatic heterocycles. The number of rotatable bonds is 54. The van der Waals surface area contributed by atoms with Crippen LogP contribution in [0.15, 0.2) is 24.3 Å². The quantitative estimate of drug-likeness (QED) is 0.0358. The summed E-state index contributed by atoms with van der Waals surface area (Å²) in [5.74, 6) is -0.138. The number of ketones is 1. The van der Waals surface area contributed by atoms with Crippen LogP contribution in [0.4, 0.5) is 0 Å². The van der Waals surface area contributed by atoms with Crippen molar-refractivity contribution in [3.05, 3.63) is 24.3 Å². The average molecular weight is 968 g/mol. The zero-order valence-electron chi connectivity index (χ0n) is 45.0. The molecule has 0 aliphatic heterocycles. The Morgan fingerprint density at radius 2 is 0.632 bits per heavy atom. The first kappa shape index (κ1) is 68.0. The Bertz CT molecular complexity index is 1080. The number of ether oxygens (including phenoxy) is 6. The van der Waals surface area contributed by atoms with Gasteiger partial charge in [0.15, 0.2) is 5.78 Å². The van der Waals surface area contributed by atoms with E-state index in [0.717, 1.165) is 77.4 Å². The van der Waals surface area contributed by atoms with Gasteiger partial charge in [-0.2, -0.15) is 0 Å². The van der Waals surface area contributed by atoms with E-state index >= 15 is 0 Å². The van der Waals surface area contributed by atoms with E-state index < -0.39 is 6.10 Å². The smallest absolute Gasteiger partial charge is 0.305 e. The Morgan fingerprint density at radius 3 is 0.941 bits per heavy atom. The molecule has 0 saturated carbocycles. The first-order valence-electron chi connectivity index (χ1n) is 28.3. The van der Waals surface area contributed by atoms with Crippen molar-refractivity contribution in [2.24, 2.45) is 0 Å². The highest BCUT2D eigenvalue weighted by molar-refractivity contribution is 5.80. The number of Topliss-reactive ketones (excluding diaryl/α,β-unsaturated/α-hetero) is 1. The van der Waals surface area contributed by atoms with Gasteiger partial charge in [-0.25, -0.2) is 0 Å². The van der Waals surface area contributed by atoms with E-state index in [-0.39, 0.29) is 30.9 Å². The number of hydrogen-bond donors (Lipinski definition) is 1. The predicted octanol–water partition coefficient (Wildman–Crippen LogP) is 15.3. The minimum absolute atomic E-state index is 0.0533. The molecule has 0 bridgehead atoms. The summed E-state index contributed by atoms with van der Waals surface area (Å²) in [5.41, 5.74) is 0. The van der Waals surface area contributed by atoms with E-state index in [1.807, 2.05) is 0 Å². The van der Waals surface area contributed by atoms with Crippen LogP contribution in [0, 0.1) is 0 Å². The number of methoxy groups -OCH3 is 2. The van der Waals surface area contributed by atoms with Crippen LogP contribution in [-0.4, -0.2) is 96.0 Å². The standard InChI is InChI=1S/C29H56O5.C29H54O5/c2*1-3-4-5-6-18-21-24-33-26-28(30)27-34-25-22-19-16-14-12-10-8-7-9-11-13-15-17-20-23-29(31)32-2/h7,9,28,30H,3-6,8,10-27H2,1-2H3;7,9H,3-6,8,10-27H2,1-2H3/b2*9-7-. The molecule has 10 nitrogen and oxygen atoms in total. The molecule has 10 heteroatoms. The monoisotopic (exact) mass is 967 g/mol. The molecule has 0 aliphatic carbocycles. The lowest BCUT2D eigenvalue weighted by Gasteiger charge is -2.12. The van der Waals surface area contributed by atoms with Crippen molar-refractivity contribution in [1.82, 2.24) is 0 Å². The Morgan fingerprint density at radius 1 is 0.368 bits per heavy atom. The molecule has 68 heavy (non-hydrogen) atoms. The van der Waals surface area contributed by atoms with Gasteiger partial charge < -0.3 is 33.5 Å². The molecule has 0 saturated heterocycles. The Kier molecular flexibility index (Phi) is 61.0. The highest BCUT2D eigenvalue weighted by atomic mass is 16.5. The average Bonchev–Trinajstić information content (AvgIpc) is 3.34. The number of aliphatic hydroxyl groups is 1. The predicted molar refractivity (Wildman–Crippen MR) is 283 cm³/mol. The lowest BCUT2D eigenvalue weighted by Crippen LogP contribution is -2.22. The number of unbranched alkanes of at least 4 members (excludes halogenated alkanes) is 30. The summed E-state index contributed by atoms with van der Waals surface area (Å²) in [6, 6.07) is 0. The molecule has 0 aliphatic rings. The first-order valence-corrected chi connectivity index (χ1v) is 28.3. The van der Waals surface area contributed by atoms with Gasteiger partial charge in [0, 0.05) is 39.3 Å². The van der Waals surface area contributed by atoms with Gasteiger partial charge in [0.2, 0.25) is 0 Å². The second kappa shape index (κ2) is 61.0. The minimum Gasteiger partial charge on any atom is -0.469 e. The number of hydrogen-bond acceptors (Lipinski definition) is 10. The van der Waals surface area contributed by atoms with Crippen molar-refractivity contribution in [2.75, 3.05) is 67.1 Å². The topological polar surface area (TPSA) is 127 Å². The van der Waals surface area contributed by atoms with Crippen LogP contribution in [-0.2, 0) is 42.8 Å². The van der Waals surface area contributed by atoms with Crippen molar-refractivity contribution in [1.29, 1.82) is 0 Å². The van der Waals surface area contributed by atoms with Crippen LogP contribution in [0.25, 0.3) is 0 Å². The highest BCUT2D eigenvalue weighted by Gasteiger charge is 2.06. The van der Waals surface area contributed by atoms with Gasteiger partial charge >= 0.3 is 11.9 Å². The van der Waals surface area contributed by atoms with Crippen molar-refractivity contribution < 1.29 is 47.9 Å². The maximum atomic E-state index is 11.7. The van der Waals surface area contributed by atoms with Crippen LogP contribution >= 0.6 is 0 Å². The van der Waals surface area contributed by atoms with Crippen molar-refractivity contribution in [2.45, 2.75) is 264 Å². The van der Waals surface area contributed by atoms with Crippen LogP contribution in [0.2, 0.25) is 0 Å². The molecule has 0 aromatic carbocycles. The minimum atomic E-state index is -0.500. The zero-order valence-corrected chi connectivity index (χ0v) is 45.0. The van der Waals surface area contributed by atoms with Crippen LogP contribution in [0.5, 0.6) is 0 Å². The fraction of sp³-hybridized carbons (Fsp3) is 0.879. The maximum absolute atomic E-state index is 11.7. The third-order valence-corrected chi connectivity index (χ3v) is 12.0. The summed E-state index contributed by atoms with van der Waals surface area (Å²) in [6.45, 7) is 8.47. The lowest BCUT2D eigenvalue weighted by molar-refractivity contribution is -0.141. The van der Waals surface area contributed by atoms with Crippen LogP contribution in [0.1, 0.15) is 258 Å². The van der Waals surface area contributed by atoms with E-state index in [4.69, 9.17) is 18.9 Å². The summed E-state index contributed by atoms with van der Waals surface area (Å²) >= 11 is 0. The van der Waals surface area contributed by atoms with Gasteiger partial charge in [0.1, 0.15) is 19.3 Å². The molecular formula is C58H110O10. The molecule has 0 spiro atoms. The molecular weight excluding hydrogens is 857 g/mol. The fourth-order valence-electron chi connectivity index (χ4n) is 7.66. The van der Waals surface area contributed by atoms with E-state index in [2.05, 4.69) is 47.6 Å². The maximum Gasteiger partial charge on any atom is 0.305 e. The number of carbonyl (C=O) groups excluding carboxylic acids is 3. The molecule has 0 aromatic rings. The SMILES string of the molecule is CCCCCCCCOCC(=O)COCCCCCCCC/C=C\CCCCCCC(=O)OC.CCCCCCCCOCC(O)COCCCCCCCC/C=C\CCCCCCC(=O)OC. The molecule has 0 radical (unpaired) electrons. The lowest BCUT2D eigenvalue weighted by atomic mass is 10.1. The Labute approximate surface area is 419 Å². The highest BCUT2D eigenvalue weighted by Crippen LogP contribution is 2.12. The fourth-order valence-corrected chi connectivity index (χ4v) is 7.66. The molecule has 0 rings (SSSR count). The Hall–Kier alpha value is -2.11. The molecule has 1 N–H and O–H groups in total. The largest absolute Gasteiger partial charge is 0.469 e. The summed E-state index contributed by atoms with van der Waals surface area (Å²) in [7, 11) is 2.90. The third kappa shape index (κ3) is 61.9. The molecule has 0 amide bonds. The normalized spacial score (nSPS) is 11.9. The van der Waals surface area contributed by atoms with E-state index in [0.29, 0.717) is 39.3 Å². The Balaban J connectivity index is 0. The van der Waals surface area contributed by atoms with Gasteiger partial charge in [-0.1, -0.05) is 179 Å². The molecule has 1 unspecified atom stereocenters. The van der Waals surface area contributed by atoms with E-state index in [1.54, 1.807) is 0 Å². The number of aliphatic hydroxyl groups excluding tert-OH is 1. The molecule has 402 valence electrons. The van der Waals surface area contributed by atoms with Gasteiger partial charge in [0.25, 0.3) is 0 Å². The van der Waals surface area contributed by atoms with Gasteiger partial charge in [0.05, 0.1) is 27.4 Å². The molecule has 0 fully saturated rings. The molecule has 0 heterocycles. The van der Waals surface area contributed by atoms with Crippen molar-refractivity contribution in [3.63, 3.8) is 0 Å². The van der Waals surface area contributed by atoms with E-state index in [1.165, 1.54) is 181 Å². The van der Waals surface area contributed by atoms with Crippen LogP contribution in [0.3, 0.4) is 0 Å². The van der Waals surface area contributed by atoms with Gasteiger partial charge in [-0.15, -0.1) is 0 Å². The number of carbonyl (C=O) groups is 3. The number of allylic oxidation sites excluding steroid dienone is 4. The zero-order chi connectivity index (χ0) is 49.9.